The largest absolute Gasteiger partial charge is 0.379 e. The van der Waals surface area contributed by atoms with Gasteiger partial charge in [0.2, 0.25) is 10.0 Å². The lowest BCUT2D eigenvalue weighted by atomic mass is 10.2. The molecule has 2 heterocycles. The Balaban J connectivity index is 0.00000361. The van der Waals surface area contributed by atoms with Crippen molar-refractivity contribution in [2.24, 2.45) is 0 Å². The van der Waals surface area contributed by atoms with Crippen LogP contribution < -0.4 is 4.90 Å². The van der Waals surface area contributed by atoms with Crippen molar-refractivity contribution in [1.29, 1.82) is 0 Å². The summed E-state index contributed by atoms with van der Waals surface area (Å²) in [5.74, 6) is -1.91. The number of morpholine rings is 1. The Morgan fingerprint density at radius 3 is 2.44 bits per heavy atom. The summed E-state index contributed by atoms with van der Waals surface area (Å²) in [6, 6.07) is 7.60. The third-order valence-corrected chi connectivity index (χ3v) is 8.57. The van der Waals surface area contributed by atoms with Gasteiger partial charge >= 0.3 is 0 Å². The maximum atomic E-state index is 14.3. The number of aromatic nitrogens is 1. The highest BCUT2D eigenvalue weighted by atomic mass is 35.5. The van der Waals surface area contributed by atoms with E-state index in [1.807, 2.05) is 0 Å². The number of amides is 1. The van der Waals surface area contributed by atoms with Crippen LogP contribution in [-0.4, -0.2) is 82.0 Å². The second kappa shape index (κ2) is 11.9. The van der Waals surface area contributed by atoms with Crippen molar-refractivity contribution < 1.29 is 26.7 Å². The molecule has 0 aliphatic carbocycles. The fourth-order valence-electron chi connectivity index (χ4n) is 3.76. The molecule has 0 spiro atoms. The van der Waals surface area contributed by atoms with Gasteiger partial charge in [0.15, 0.2) is 10.9 Å². The summed E-state index contributed by atoms with van der Waals surface area (Å²) < 4.78 is 59.5. The number of thiazole rings is 1. The molecule has 1 saturated heterocycles. The third kappa shape index (κ3) is 6.18. The molecule has 1 aromatic heterocycles. The Morgan fingerprint density at radius 2 is 1.81 bits per heavy atom. The van der Waals surface area contributed by atoms with E-state index in [9.17, 15) is 22.0 Å². The van der Waals surface area contributed by atoms with Gasteiger partial charge in [-0.3, -0.25) is 14.6 Å². The molecule has 3 aromatic rings. The van der Waals surface area contributed by atoms with Crippen LogP contribution in [0.15, 0.2) is 41.3 Å². The van der Waals surface area contributed by atoms with Crippen LogP contribution in [0.2, 0.25) is 0 Å². The predicted molar refractivity (Wildman–Crippen MR) is 138 cm³/mol. The zero-order chi connectivity index (χ0) is 25.2. The van der Waals surface area contributed by atoms with Crippen LogP contribution in [0.25, 0.3) is 10.2 Å². The van der Waals surface area contributed by atoms with Crippen molar-refractivity contribution in [3.05, 3.63) is 53.6 Å². The van der Waals surface area contributed by atoms with Crippen molar-refractivity contribution in [1.82, 2.24) is 14.2 Å². The van der Waals surface area contributed by atoms with Gasteiger partial charge in [-0.25, -0.2) is 26.5 Å². The van der Waals surface area contributed by atoms with Crippen LogP contribution in [0.4, 0.5) is 13.9 Å². The van der Waals surface area contributed by atoms with E-state index in [1.165, 1.54) is 49.3 Å². The van der Waals surface area contributed by atoms with Crippen LogP contribution in [0.5, 0.6) is 0 Å². The number of fused-ring (bicyclic) bond motifs is 1. The van der Waals surface area contributed by atoms with Gasteiger partial charge in [0.25, 0.3) is 5.91 Å². The lowest BCUT2D eigenvalue weighted by molar-refractivity contribution is 0.0376. The molecule has 1 fully saturated rings. The molecule has 4 rings (SSSR count). The summed E-state index contributed by atoms with van der Waals surface area (Å²) in [4.78, 5) is 21.5. The number of anilines is 1. The quantitative estimate of drug-likeness (QED) is 0.418. The van der Waals surface area contributed by atoms with E-state index >= 15 is 0 Å². The number of carbonyl (C=O) groups excluding carboxylic acids is 1. The normalized spacial score (nSPS) is 14.7. The number of hydrogen-bond acceptors (Lipinski definition) is 7. The molecule has 13 heteroatoms. The fraction of sp³-hybridized carbons (Fsp3) is 0.391. The summed E-state index contributed by atoms with van der Waals surface area (Å²) in [5.41, 5.74) is 0.268. The van der Waals surface area contributed by atoms with E-state index < -0.39 is 27.6 Å². The van der Waals surface area contributed by atoms with Gasteiger partial charge in [0, 0.05) is 51.9 Å². The smallest absolute Gasteiger partial charge is 0.260 e. The molecule has 196 valence electrons. The molecule has 0 atom stereocenters. The molecule has 0 unspecified atom stereocenters. The second-order valence-corrected chi connectivity index (χ2v) is 11.5. The standard InChI is InChI=1S/C23H26F2N4O4S2.ClH/c1-27(2)35(31,32)18-6-4-16(5-7-18)22(30)29(9-3-8-28-10-12-33-13-11-28)23-26-21-19(25)14-17(24)15-20(21)34-23;/h4-7,14-15H,3,8-13H2,1-2H3;1H. The number of benzene rings is 2. The highest BCUT2D eigenvalue weighted by Gasteiger charge is 2.24. The van der Waals surface area contributed by atoms with Crippen LogP contribution in [0.3, 0.4) is 0 Å². The topological polar surface area (TPSA) is 83.1 Å². The number of carbonyl (C=O) groups is 1. The first kappa shape index (κ1) is 28.4. The Bertz CT molecular complexity index is 1310. The highest BCUT2D eigenvalue weighted by molar-refractivity contribution is 7.89. The molecule has 0 radical (unpaired) electrons. The van der Waals surface area contributed by atoms with Crippen molar-refractivity contribution in [3.63, 3.8) is 0 Å². The fourth-order valence-corrected chi connectivity index (χ4v) is 5.69. The molecule has 1 aliphatic heterocycles. The summed E-state index contributed by atoms with van der Waals surface area (Å²) >= 11 is 1.03. The maximum absolute atomic E-state index is 14.3. The van der Waals surface area contributed by atoms with E-state index in [4.69, 9.17) is 4.74 Å². The molecule has 0 saturated carbocycles. The van der Waals surface area contributed by atoms with E-state index in [1.54, 1.807) is 0 Å². The van der Waals surface area contributed by atoms with E-state index in [-0.39, 0.29) is 33.5 Å². The van der Waals surface area contributed by atoms with Gasteiger partial charge in [-0.15, -0.1) is 12.4 Å². The molecule has 2 aromatic carbocycles. The van der Waals surface area contributed by atoms with Gasteiger partial charge < -0.3 is 4.74 Å². The Kier molecular flexibility index (Phi) is 9.36. The van der Waals surface area contributed by atoms with Gasteiger partial charge in [0.05, 0.1) is 22.8 Å². The third-order valence-electron chi connectivity index (χ3n) is 5.72. The van der Waals surface area contributed by atoms with Crippen LogP contribution in [0.1, 0.15) is 16.8 Å². The number of sulfonamides is 1. The minimum atomic E-state index is -3.64. The molecular formula is C23H27ClF2N4O4S2. The lowest BCUT2D eigenvalue weighted by Gasteiger charge is -2.27. The Hall–Kier alpha value is -2.22. The van der Waals surface area contributed by atoms with Gasteiger partial charge in [-0.1, -0.05) is 11.3 Å². The number of rotatable bonds is 8. The first-order chi connectivity index (χ1) is 16.7. The zero-order valence-electron chi connectivity index (χ0n) is 19.8. The van der Waals surface area contributed by atoms with Crippen LogP contribution in [-0.2, 0) is 14.8 Å². The molecular weight excluding hydrogens is 534 g/mol. The molecule has 8 nitrogen and oxygen atoms in total. The van der Waals surface area contributed by atoms with Gasteiger partial charge in [-0.05, 0) is 36.8 Å². The van der Waals surface area contributed by atoms with Crippen LogP contribution >= 0.6 is 23.7 Å². The van der Waals surface area contributed by atoms with E-state index in [0.29, 0.717) is 30.9 Å². The van der Waals surface area contributed by atoms with Gasteiger partial charge in [-0.2, -0.15) is 0 Å². The number of ether oxygens (including phenoxy) is 1. The Morgan fingerprint density at radius 1 is 1.14 bits per heavy atom. The highest BCUT2D eigenvalue weighted by Crippen LogP contribution is 2.32. The average molecular weight is 561 g/mol. The van der Waals surface area contributed by atoms with Crippen LogP contribution in [0, 0.1) is 11.6 Å². The minimum Gasteiger partial charge on any atom is -0.379 e. The molecule has 1 aliphatic rings. The average Bonchev–Trinajstić information content (AvgIpc) is 3.26. The number of nitrogens with zero attached hydrogens (tertiary/aromatic N) is 4. The van der Waals surface area contributed by atoms with Crippen molar-refractivity contribution in [2.45, 2.75) is 11.3 Å². The minimum absolute atomic E-state index is 0. The van der Waals surface area contributed by atoms with Crippen molar-refractivity contribution >= 4 is 55.0 Å². The summed E-state index contributed by atoms with van der Waals surface area (Å²) in [6.07, 6.45) is 0.631. The molecule has 36 heavy (non-hydrogen) atoms. The summed E-state index contributed by atoms with van der Waals surface area (Å²) in [5, 5.41) is 0.251. The first-order valence-corrected chi connectivity index (χ1v) is 13.3. The summed E-state index contributed by atoms with van der Waals surface area (Å²) in [6.45, 7) is 3.97. The Labute approximate surface area is 218 Å². The number of hydrogen-bond donors (Lipinski definition) is 0. The monoisotopic (exact) mass is 560 g/mol. The second-order valence-electron chi connectivity index (χ2n) is 8.31. The van der Waals surface area contributed by atoms with Gasteiger partial charge in [0.1, 0.15) is 11.3 Å². The van der Waals surface area contributed by atoms with E-state index in [2.05, 4.69) is 9.88 Å². The van der Waals surface area contributed by atoms with E-state index in [0.717, 1.165) is 41.3 Å². The van der Waals surface area contributed by atoms with Crippen molar-refractivity contribution in [3.8, 4) is 0 Å². The lowest BCUT2D eigenvalue weighted by Crippen LogP contribution is -2.39. The molecule has 1 amide bonds. The van der Waals surface area contributed by atoms with Crippen molar-refractivity contribution in [2.75, 3.05) is 58.4 Å². The maximum Gasteiger partial charge on any atom is 0.260 e. The summed E-state index contributed by atoms with van der Waals surface area (Å²) in [7, 11) is -0.779. The number of halogens is 3. The first-order valence-electron chi connectivity index (χ1n) is 11.1. The molecule has 0 N–H and O–H groups in total. The molecule has 0 bridgehead atoms. The predicted octanol–water partition coefficient (Wildman–Crippen LogP) is 3.62. The zero-order valence-corrected chi connectivity index (χ0v) is 22.3. The SMILES string of the molecule is CN(C)S(=O)(=O)c1ccc(C(=O)N(CCCN2CCOCC2)c2nc3c(F)cc(F)cc3s2)cc1.Cl.